The zero-order valence-electron chi connectivity index (χ0n) is 11.9. The van der Waals surface area contributed by atoms with Gasteiger partial charge in [0.05, 0.1) is 6.61 Å². The van der Waals surface area contributed by atoms with Gasteiger partial charge in [0.15, 0.2) is 0 Å². The van der Waals surface area contributed by atoms with Crippen molar-refractivity contribution in [2.24, 2.45) is 5.92 Å². The largest absolute Gasteiger partial charge is 0.381 e. The number of ether oxygens (including phenoxy) is 1. The molecule has 3 nitrogen and oxygen atoms in total. The van der Waals surface area contributed by atoms with E-state index in [0.29, 0.717) is 12.0 Å². The van der Waals surface area contributed by atoms with E-state index in [1.807, 2.05) is 0 Å². The fourth-order valence-electron chi connectivity index (χ4n) is 2.60. The molecule has 2 atom stereocenters. The number of nitrogens with one attached hydrogen (secondary N) is 1. The van der Waals surface area contributed by atoms with Crippen molar-refractivity contribution in [1.82, 2.24) is 10.2 Å². The van der Waals surface area contributed by atoms with Crippen molar-refractivity contribution < 1.29 is 4.74 Å². The number of hydrogen-bond acceptors (Lipinski definition) is 3. The average molecular weight is 242 g/mol. The van der Waals surface area contributed by atoms with E-state index in [1.54, 1.807) is 0 Å². The third-order valence-electron chi connectivity index (χ3n) is 3.61. The topological polar surface area (TPSA) is 24.5 Å². The minimum absolute atomic E-state index is 0.662. The van der Waals surface area contributed by atoms with Gasteiger partial charge >= 0.3 is 0 Å². The molecule has 1 heterocycles. The monoisotopic (exact) mass is 242 g/mol. The summed E-state index contributed by atoms with van der Waals surface area (Å²) in [6, 6.07) is 0.662. The fourth-order valence-corrected chi connectivity index (χ4v) is 2.60. The van der Waals surface area contributed by atoms with E-state index in [-0.39, 0.29) is 0 Å². The molecule has 3 heteroatoms. The first-order valence-corrected chi connectivity index (χ1v) is 7.35. The van der Waals surface area contributed by atoms with Crippen LogP contribution in [0.25, 0.3) is 0 Å². The molecule has 0 aliphatic carbocycles. The average Bonchev–Trinajstić information content (AvgIpc) is 2.37. The molecule has 0 spiro atoms. The Hall–Kier alpha value is -0.120. The lowest BCUT2D eigenvalue weighted by Gasteiger charge is -2.35. The quantitative estimate of drug-likeness (QED) is 0.705. The summed E-state index contributed by atoms with van der Waals surface area (Å²) in [5.41, 5.74) is 0. The van der Waals surface area contributed by atoms with Gasteiger partial charge in [-0.1, -0.05) is 20.8 Å². The highest BCUT2D eigenvalue weighted by molar-refractivity contribution is 4.81. The van der Waals surface area contributed by atoms with Crippen LogP contribution >= 0.6 is 0 Å². The lowest BCUT2D eigenvalue weighted by Crippen LogP contribution is -2.48. The summed E-state index contributed by atoms with van der Waals surface area (Å²) in [6.07, 6.45) is 3.64. The van der Waals surface area contributed by atoms with Crippen molar-refractivity contribution in [3.63, 3.8) is 0 Å². The Balaban J connectivity index is 2.40. The molecule has 0 saturated carbocycles. The molecule has 2 unspecified atom stereocenters. The first-order valence-electron chi connectivity index (χ1n) is 7.35. The predicted molar refractivity (Wildman–Crippen MR) is 73.4 cm³/mol. The van der Waals surface area contributed by atoms with Gasteiger partial charge in [0.25, 0.3) is 0 Å². The van der Waals surface area contributed by atoms with E-state index in [1.165, 1.54) is 32.4 Å². The van der Waals surface area contributed by atoms with E-state index in [4.69, 9.17) is 4.74 Å². The van der Waals surface area contributed by atoms with Crippen LogP contribution in [0, 0.1) is 5.92 Å². The molecule has 0 radical (unpaired) electrons. The van der Waals surface area contributed by atoms with Crippen molar-refractivity contribution in [1.29, 1.82) is 0 Å². The molecule has 0 aromatic carbocycles. The highest BCUT2D eigenvalue weighted by Gasteiger charge is 2.26. The smallest absolute Gasteiger partial charge is 0.0521 e. The van der Waals surface area contributed by atoms with Gasteiger partial charge < -0.3 is 15.0 Å². The Bertz CT molecular complexity index is 187. The van der Waals surface area contributed by atoms with E-state index in [9.17, 15) is 0 Å². The van der Waals surface area contributed by atoms with Crippen molar-refractivity contribution in [2.45, 2.75) is 46.1 Å². The maximum absolute atomic E-state index is 5.65. The van der Waals surface area contributed by atoms with Gasteiger partial charge in [0.2, 0.25) is 0 Å². The maximum atomic E-state index is 5.65. The standard InChI is InChI=1S/C14H30N2O/c1-4-8-15-14-7-10-17-12-13(14)11-16(6-3)9-5-2/h13-15H,4-12H2,1-3H3. The second-order valence-corrected chi connectivity index (χ2v) is 5.08. The second-order valence-electron chi connectivity index (χ2n) is 5.08. The molecule has 1 N–H and O–H groups in total. The van der Waals surface area contributed by atoms with Crippen molar-refractivity contribution in [3.05, 3.63) is 0 Å². The summed E-state index contributed by atoms with van der Waals surface area (Å²) in [7, 11) is 0. The molecule has 0 aromatic rings. The van der Waals surface area contributed by atoms with Crippen LogP contribution in [0.5, 0.6) is 0 Å². The Morgan fingerprint density at radius 2 is 2.06 bits per heavy atom. The summed E-state index contributed by atoms with van der Waals surface area (Å²) in [4.78, 5) is 2.56. The predicted octanol–water partition coefficient (Wildman–Crippen LogP) is 2.12. The number of nitrogens with zero attached hydrogens (tertiary/aromatic N) is 1. The zero-order valence-corrected chi connectivity index (χ0v) is 11.9. The Kier molecular flexibility index (Phi) is 7.82. The van der Waals surface area contributed by atoms with Gasteiger partial charge in [-0.05, 0) is 38.9 Å². The minimum Gasteiger partial charge on any atom is -0.381 e. The van der Waals surface area contributed by atoms with Gasteiger partial charge in [-0.2, -0.15) is 0 Å². The minimum atomic E-state index is 0.662. The second kappa shape index (κ2) is 8.90. The molecular weight excluding hydrogens is 212 g/mol. The van der Waals surface area contributed by atoms with Crippen LogP contribution in [0.15, 0.2) is 0 Å². The Morgan fingerprint density at radius 3 is 2.71 bits per heavy atom. The third kappa shape index (κ3) is 5.36. The molecule has 0 bridgehead atoms. The summed E-state index contributed by atoms with van der Waals surface area (Å²) < 4.78 is 5.65. The molecule has 0 aromatic heterocycles. The zero-order chi connectivity index (χ0) is 12.5. The molecule has 1 fully saturated rings. The van der Waals surface area contributed by atoms with E-state index >= 15 is 0 Å². The summed E-state index contributed by atoms with van der Waals surface area (Å²) in [5, 5.41) is 3.69. The molecule has 1 saturated heterocycles. The van der Waals surface area contributed by atoms with Crippen molar-refractivity contribution in [2.75, 3.05) is 39.4 Å². The Morgan fingerprint density at radius 1 is 1.24 bits per heavy atom. The third-order valence-corrected chi connectivity index (χ3v) is 3.61. The molecule has 0 amide bonds. The van der Waals surface area contributed by atoms with Gasteiger partial charge in [-0.3, -0.25) is 0 Å². The summed E-state index contributed by atoms with van der Waals surface area (Å²) in [6.45, 7) is 13.3. The number of hydrogen-bond donors (Lipinski definition) is 1. The molecule has 102 valence electrons. The fraction of sp³-hybridized carbons (Fsp3) is 1.00. The SMILES string of the molecule is CCCNC1CCOCC1CN(CC)CCC. The van der Waals surface area contributed by atoms with Crippen LogP contribution in [-0.2, 0) is 4.74 Å². The van der Waals surface area contributed by atoms with Crippen LogP contribution in [0.2, 0.25) is 0 Å². The lowest BCUT2D eigenvalue weighted by molar-refractivity contribution is 0.0172. The van der Waals surface area contributed by atoms with Gasteiger partial charge in [0, 0.05) is 25.1 Å². The van der Waals surface area contributed by atoms with E-state index < -0.39 is 0 Å². The summed E-state index contributed by atoms with van der Waals surface area (Å²) >= 11 is 0. The highest BCUT2D eigenvalue weighted by Crippen LogP contribution is 2.16. The lowest BCUT2D eigenvalue weighted by atomic mass is 9.95. The van der Waals surface area contributed by atoms with E-state index in [2.05, 4.69) is 31.0 Å². The van der Waals surface area contributed by atoms with Crippen LogP contribution in [0.3, 0.4) is 0 Å². The van der Waals surface area contributed by atoms with Crippen LogP contribution in [-0.4, -0.2) is 50.3 Å². The molecular formula is C14H30N2O. The van der Waals surface area contributed by atoms with Gasteiger partial charge in [-0.25, -0.2) is 0 Å². The van der Waals surface area contributed by atoms with Crippen molar-refractivity contribution in [3.8, 4) is 0 Å². The summed E-state index contributed by atoms with van der Waals surface area (Å²) in [5.74, 6) is 0.668. The van der Waals surface area contributed by atoms with E-state index in [0.717, 1.165) is 26.3 Å². The molecule has 17 heavy (non-hydrogen) atoms. The highest BCUT2D eigenvalue weighted by atomic mass is 16.5. The van der Waals surface area contributed by atoms with Gasteiger partial charge in [0.1, 0.15) is 0 Å². The molecule has 1 rings (SSSR count). The number of rotatable bonds is 8. The molecule has 1 aliphatic heterocycles. The molecule has 1 aliphatic rings. The maximum Gasteiger partial charge on any atom is 0.0521 e. The first-order chi connectivity index (χ1) is 8.31. The van der Waals surface area contributed by atoms with Crippen LogP contribution in [0.1, 0.15) is 40.0 Å². The van der Waals surface area contributed by atoms with Crippen LogP contribution < -0.4 is 5.32 Å². The van der Waals surface area contributed by atoms with Gasteiger partial charge in [-0.15, -0.1) is 0 Å². The van der Waals surface area contributed by atoms with Crippen molar-refractivity contribution >= 4 is 0 Å². The normalized spacial score (nSPS) is 25.4. The Labute approximate surface area is 107 Å². The van der Waals surface area contributed by atoms with Crippen LogP contribution in [0.4, 0.5) is 0 Å². The first kappa shape index (κ1) is 14.9.